The van der Waals surface area contributed by atoms with Gasteiger partial charge in [-0.1, -0.05) is 19.1 Å². The number of rotatable bonds is 7. The number of aliphatic imine (C=N–C) groups is 1. The van der Waals surface area contributed by atoms with Gasteiger partial charge in [-0.3, -0.25) is 4.99 Å². The van der Waals surface area contributed by atoms with Gasteiger partial charge in [0.15, 0.2) is 0 Å². The Morgan fingerprint density at radius 1 is 1.14 bits per heavy atom. The van der Waals surface area contributed by atoms with Crippen molar-refractivity contribution in [3.8, 4) is 0 Å². The molecule has 1 saturated carbocycles. The molecule has 0 bridgehead atoms. The first-order valence-corrected chi connectivity index (χ1v) is 10.3. The second kappa shape index (κ2) is 7.88. The number of nitrogens with zero attached hydrogens (tertiary/aromatic N) is 1. The molecule has 152 valence electrons. The molecule has 5 unspecified atom stereocenters. The van der Waals surface area contributed by atoms with Gasteiger partial charge in [-0.15, -0.1) is 0 Å². The van der Waals surface area contributed by atoms with Gasteiger partial charge < -0.3 is 19.9 Å². The molecule has 0 amide bonds. The summed E-state index contributed by atoms with van der Waals surface area (Å²) >= 11 is 0. The number of ether oxygens (including phenoxy) is 3. The van der Waals surface area contributed by atoms with E-state index in [0.29, 0.717) is 12.5 Å². The first-order chi connectivity index (χ1) is 13.5. The van der Waals surface area contributed by atoms with Gasteiger partial charge in [-0.25, -0.2) is 0 Å². The molecule has 1 fully saturated rings. The van der Waals surface area contributed by atoms with E-state index in [1.54, 1.807) is 14.2 Å². The molecule has 0 radical (unpaired) electrons. The Hall–Kier alpha value is -1.85. The van der Waals surface area contributed by atoms with E-state index in [4.69, 9.17) is 24.9 Å². The molecule has 5 heteroatoms. The molecule has 4 rings (SSSR count). The van der Waals surface area contributed by atoms with E-state index >= 15 is 0 Å². The zero-order valence-electron chi connectivity index (χ0n) is 17.4. The molecule has 0 saturated heterocycles. The van der Waals surface area contributed by atoms with Gasteiger partial charge in [0.2, 0.25) is 0 Å². The Morgan fingerprint density at radius 2 is 1.89 bits per heavy atom. The Kier molecular flexibility index (Phi) is 5.48. The van der Waals surface area contributed by atoms with Crippen molar-refractivity contribution in [1.29, 1.82) is 0 Å². The molecule has 5 atom stereocenters. The van der Waals surface area contributed by atoms with Crippen molar-refractivity contribution in [3.05, 3.63) is 47.0 Å². The second-order valence-corrected chi connectivity index (χ2v) is 8.51. The summed E-state index contributed by atoms with van der Waals surface area (Å²) in [5.74, 6) is 3.17. The van der Waals surface area contributed by atoms with Gasteiger partial charge in [-0.05, 0) is 55.4 Å². The minimum absolute atomic E-state index is 0.165. The van der Waals surface area contributed by atoms with Crippen LogP contribution in [0.5, 0.6) is 0 Å². The lowest BCUT2D eigenvalue weighted by Gasteiger charge is -2.29. The smallest absolute Gasteiger partial charge is 0.121 e. The van der Waals surface area contributed by atoms with Crippen molar-refractivity contribution in [2.75, 3.05) is 20.8 Å². The fraction of sp³-hybridized carbons (Fsp3) is 0.609. The molecule has 2 N–H and O–H groups in total. The largest absolute Gasteiger partial charge is 0.499 e. The molecule has 0 spiro atoms. The minimum Gasteiger partial charge on any atom is -0.499 e. The molecule has 1 aliphatic heterocycles. The van der Waals surface area contributed by atoms with E-state index < -0.39 is 0 Å². The summed E-state index contributed by atoms with van der Waals surface area (Å²) in [6, 6.07) is -0.0933. The fourth-order valence-corrected chi connectivity index (χ4v) is 4.42. The summed E-state index contributed by atoms with van der Waals surface area (Å²) in [5, 5.41) is 0. The van der Waals surface area contributed by atoms with E-state index in [0.717, 1.165) is 29.4 Å². The maximum absolute atomic E-state index is 6.30. The van der Waals surface area contributed by atoms with E-state index in [1.807, 2.05) is 13.0 Å². The normalized spacial score (nSPS) is 33.1. The Balaban J connectivity index is 1.41. The van der Waals surface area contributed by atoms with Crippen LogP contribution in [-0.2, 0) is 14.2 Å². The molecule has 0 aromatic heterocycles. The van der Waals surface area contributed by atoms with E-state index in [1.165, 1.54) is 24.1 Å². The van der Waals surface area contributed by atoms with Crippen molar-refractivity contribution in [3.63, 3.8) is 0 Å². The lowest BCUT2D eigenvalue weighted by atomic mass is 9.85. The number of hydrogen-bond donors (Lipinski definition) is 1. The second-order valence-electron chi connectivity index (χ2n) is 8.51. The van der Waals surface area contributed by atoms with Crippen LogP contribution < -0.4 is 5.73 Å². The van der Waals surface area contributed by atoms with Crippen LogP contribution in [-0.4, -0.2) is 44.7 Å². The number of fused-ring (bicyclic) bond motifs is 1. The highest BCUT2D eigenvalue weighted by molar-refractivity contribution is 5.91. The third kappa shape index (κ3) is 3.83. The van der Waals surface area contributed by atoms with Crippen LogP contribution in [0.2, 0.25) is 0 Å². The van der Waals surface area contributed by atoms with Crippen LogP contribution in [0.25, 0.3) is 0 Å². The highest BCUT2D eigenvalue weighted by Crippen LogP contribution is 2.42. The lowest BCUT2D eigenvalue weighted by Crippen LogP contribution is -2.40. The minimum atomic E-state index is -0.264. The molecule has 1 heterocycles. The zero-order chi connectivity index (χ0) is 19.8. The molecule has 5 nitrogen and oxygen atoms in total. The van der Waals surface area contributed by atoms with Crippen LogP contribution in [0.15, 0.2) is 52.0 Å². The Labute approximate surface area is 168 Å². The van der Waals surface area contributed by atoms with Gasteiger partial charge in [0.05, 0.1) is 33.0 Å². The van der Waals surface area contributed by atoms with Crippen LogP contribution in [0.1, 0.15) is 33.1 Å². The van der Waals surface area contributed by atoms with Gasteiger partial charge >= 0.3 is 0 Å². The molecular weight excluding hydrogens is 352 g/mol. The average Bonchev–Trinajstić information content (AvgIpc) is 3.46. The molecule has 4 aliphatic rings. The standard InChI is InChI=1S/C23H32N2O3/c1-13-7-19(26-3)22(24)20(8-13)28-12-14(2)16-9-17-10-18(15-5-6-15)25-23(17)21(11-16)27-4/h7-9,11,14-15,17,20,22-23H,5-6,10,12,24H2,1-4H3. The maximum atomic E-state index is 6.30. The molecular formula is C23H32N2O3. The van der Waals surface area contributed by atoms with Crippen LogP contribution >= 0.6 is 0 Å². The summed E-state index contributed by atoms with van der Waals surface area (Å²) in [4.78, 5) is 4.98. The number of nitrogens with two attached hydrogens (primary N) is 1. The first kappa shape index (κ1) is 19.5. The third-order valence-electron chi connectivity index (χ3n) is 6.27. The fourth-order valence-electron chi connectivity index (χ4n) is 4.42. The van der Waals surface area contributed by atoms with Gasteiger partial charge in [-0.2, -0.15) is 0 Å². The summed E-state index contributed by atoms with van der Waals surface area (Å²) in [6.07, 6.45) is 12.1. The predicted molar refractivity (Wildman–Crippen MR) is 111 cm³/mol. The summed E-state index contributed by atoms with van der Waals surface area (Å²) < 4.78 is 17.3. The van der Waals surface area contributed by atoms with Crippen molar-refractivity contribution in [2.45, 2.75) is 51.3 Å². The first-order valence-electron chi connectivity index (χ1n) is 10.3. The van der Waals surface area contributed by atoms with Gasteiger partial charge in [0, 0.05) is 17.5 Å². The monoisotopic (exact) mass is 384 g/mol. The van der Waals surface area contributed by atoms with Crippen LogP contribution in [0, 0.1) is 17.8 Å². The van der Waals surface area contributed by atoms with Crippen LogP contribution in [0.3, 0.4) is 0 Å². The van der Waals surface area contributed by atoms with Gasteiger partial charge in [0.25, 0.3) is 0 Å². The molecule has 0 aromatic rings. The maximum Gasteiger partial charge on any atom is 0.121 e. The topological polar surface area (TPSA) is 66.1 Å². The van der Waals surface area contributed by atoms with E-state index in [2.05, 4.69) is 25.2 Å². The zero-order valence-corrected chi connectivity index (χ0v) is 17.4. The highest BCUT2D eigenvalue weighted by atomic mass is 16.5. The summed E-state index contributed by atoms with van der Waals surface area (Å²) in [5.41, 5.74) is 10.1. The highest BCUT2D eigenvalue weighted by Gasteiger charge is 2.40. The SMILES string of the molecule is COC1=CC(C)=CC(OCC(C)C2=CC3CC(C4CC4)=NC3C(OC)=C2)C1N. The molecule has 28 heavy (non-hydrogen) atoms. The van der Waals surface area contributed by atoms with Crippen molar-refractivity contribution in [2.24, 2.45) is 28.5 Å². The lowest BCUT2D eigenvalue weighted by molar-refractivity contribution is 0.0464. The third-order valence-corrected chi connectivity index (χ3v) is 6.27. The summed E-state index contributed by atoms with van der Waals surface area (Å²) in [6.45, 7) is 4.84. The summed E-state index contributed by atoms with van der Waals surface area (Å²) in [7, 11) is 3.41. The number of allylic oxidation sites excluding steroid dienone is 3. The van der Waals surface area contributed by atoms with Crippen molar-refractivity contribution >= 4 is 5.71 Å². The number of methoxy groups -OCH3 is 2. The van der Waals surface area contributed by atoms with Crippen LogP contribution in [0.4, 0.5) is 0 Å². The van der Waals surface area contributed by atoms with Gasteiger partial charge in [0.1, 0.15) is 17.6 Å². The quantitative estimate of drug-likeness (QED) is 0.729. The Bertz CT molecular complexity index is 773. The Morgan fingerprint density at radius 3 is 2.57 bits per heavy atom. The van der Waals surface area contributed by atoms with E-state index in [9.17, 15) is 0 Å². The van der Waals surface area contributed by atoms with Crippen molar-refractivity contribution < 1.29 is 14.2 Å². The average molecular weight is 385 g/mol. The molecule has 0 aromatic carbocycles. The predicted octanol–water partition coefficient (Wildman–Crippen LogP) is 3.54. The van der Waals surface area contributed by atoms with E-state index in [-0.39, 0.29) is 24.1 Å². The van der Waals surface area contributed by atoms with Crippen molar-refractivity contribution in [1.82, 2.24) is 0 Å². The number of hydrogen-bond acceptors (Lipinski definition) is 5. The molecule has 3 aliphatic carbocycles.